The van der Waals surface area contributed by atoms with Gasteiger partial charge in [0.1, 0.15) is 5.71 Å². The molecule has 0 saturated carbocycles. The molecule has 0 bridgehead atoms. The molecule has 0 aromatic heterocycles. The number of thioether (sulfide) groups is 2. The van der Waals surface area contributed by atoms with Gasteiger partial charge in [0.05, 0.1) is 5.92 Å². The van der Waals surface area contributed by atoms with E-state index in [1.165, 1.54) is 12.5 Å². The number of hydrogen-bond acceptors (Lipinski definition) is 5. The van der Waals surface area contributed by atoms with Crippen LogP contribution in [0.25, 0.3) is 0 Å². The standard InChI is InChI=1S/C15H17F6NO2S2/c1-6(2)5-7-8(12(23)25-3)10(14(16,17)18)22-11(15(19,20)21)9(7)13(24)26-4/h6-8H,5H2,1-4H3. The molecule has 0 N–H and O–H groups in total. The van der Waals surface area contributed by atoms with Gasteiger partial charge in [0.2, 0.25) is 5.12 Å². The van der Waals surface area contributed by atoms with Gasteiger partial charge in [0.15, 0.2) is 10.8 Å². The van der Waals surface area contributed by atoms with E-state index in [2.05, 4.69) is 4.99 Å². The van der Waals surface area contributed by atoms with Gasteiger partial charge in [-0.3, -0.25) is 9.59 Å². The van der Waals surface area contributed by atoms with E-state index in [1.54, 1.807) is 13.8 Å². The maximum Gasteiger partial charge on any atom is 0.433 e. The molecule has 1 aliphatic rings. The van der Waals surface area contributed by atoms with Crippen molar-refractivity contribution in [2.45, 2.75) is 32.6 Å². The third kappa shape index (κ3) is 5.05. The number of halogens is 6. The van der Waals surface area contributed by atoms with Crippen LogP contribution in [0.4, 0.5) is 26.3 Å². The Bertz CT molecular complexity index is 637. The zero-order chi connectivity index (χ0) is 20.4. The predicted molar refractivity (Wildman–Crippen MR) is 90.1 cm³/mol. The molecule has 11 heteroatoms. The smallest absolute Gasteiger partial charge is 0.286 e. The van der Waals surface area contributed by atoms with E-state index in [9.17, 15) is 35.9 Å². The van der Waals surface area contributed by atoms with Gasteiger partial charge < -0.3 is 0 Å². The Balaban J connectivity index is 3.85. The van der Waals surface area contributed by atoms with Crippen molar-refractivity contribution >= 4 is 39.5 Å². The van der Waals surface area contributed by atoms with Gasteiger partial charge in [-0.15, -0.1) is 0 Å². The van der Waals surface area contributed by atoms with Crippen LogP contribution >= 0.6 is 23.5 Å². The average Bonchev–Trinajstić information content (AvgIpc) is 2.49. The quantitative estimate of drug-likeness (QED) is 0.607. The lowest BCUT2D eigenvalue weighted by atomic mass is 9.75. The van der Waals surface area contributed by atoms with Crippen LogP contribution in [-0.2, 0) is 9.59 Å². The van der Waals surface area contributed by atoms with Crippen LogP contribution in [-0.4, -0.2) is 40.8 Å². The highest BCUT2D eigenvalue weighted by molar-refractivity contribution is 8.13. The summed E-state index contributed by atoms with van der Waals surface area (Å²) >= 11 is 0.917. The van der Waals surface area contributed by atoms with Crippen molar-refractivity contribution in [3.8, 4) is 0 Å². The Labute approximate surface area is 155 Å². The van der Waals surface area contributed by atoms with Gasteiger partial charge in [-0.05, 0) is 24.9 Å². The molecular formula is C15H17F6NO2S2. The van der Waals surface area contributed by atoms with Crippen molar-refractivity contribution < 1.29 is 35.9 Å². The van der Waals surface area contributed by atoms with E-state index in [-0.39, 0.29) is 12.3 Å². The number of allylic oxidation sites excluding steroid dienone is 1. The molecule has 1 rings (SSSR count). The van der Waals surface area contributed by atoms with Gasteiger partial charge in [-0.1, -0.05) is 37.4 Å². The number of aliphatic imine (C=N–C) groups is 1. The van der Waals surface area contributed by atoms with Gasteiger partial charge >= 0.3 is 12.4 Å². The maximum absolute atomic E-state index is 13.4. The summed E-state index contributed by atoms with van der Waals surface area (Å²) in [6, 6.07) is 0. The minimum absolute atomic E-state index is 0.187. The first kappa shape index (κ1) is 23.1. The number of hydrogen-bond donors (Lipinski definition) is 0. The van der Waals surface area contributed by atoms with E-state index in [1.807, 2.05) is 0 Å². The zero-order valence-corrected chi connectivity index (χ0v) is 15.9. The van der Waals surface area contributed by atoms with Gasteiger partial charge in [0, 0.05) is 11.5 Å². The topological polar surface area (TPSA) is 46.5 Å². The highest BCUT2D eigenvalue weighted by Crippen LogP contribution is 2.46. The molecule has 0 saturated heterocycles. The fourth-order valence-corrected chi connectivity index (χ4v) is 3.76. The lowest BCUT2D eigenvalue weighted by Gasteiger charge is -2.35. The summed E-state index contributed by atoms with van der Waals surface area (Å²) in [5.41, 5.74) is -4.52. The molecule has 0 amide bonds. The van der Waals surface area contributed by atoms with Crippen molar-refractivity contribution in [3.63, 3.8) is 0 Å². The lowest BCUT2D eigenvalue weighted by Crippen LogP contribution is -2.45. The molecule has 0 spiro atoms. The third-order valence-electron chi connectivity index (χ3n) is 3.70. The van der Waals surface area contributed by atoms with Crippen molar-refractivity contribution in [2.75, 3.05) is 12.5 Å². The molecule has 1 heterocycles. The minimum Gasteiger partial charge on any atom is -0.286 e. The van der Waals surface area contributed by atoms with Crippen molar-refractivity contribution in [3.05, 3.63) is 11.3 Å². The maximum atomic E-state index is 13.4. The second-order valence-corrected chi connectivity index (χ2v) is 7.57. The fraction of sp³-hybridized carbons (Fsp3) is 0.667. The summed E-state index contributed by atoms with van der Waals surface area (Å²) in [7, 11) is 0. The van der Waals surface area contributed by atoms with Gasteiger partial charge in [0.25, 0.3) is 0 Å². The zero-order valence-electron chi connectivity index (χ0n) is 14.3. The Morgan fingerprint density at radius 1 is 1.04 bits per heavy atom. The lowest BCUT2D eigenvalue weighted by molar-refractivity contribution is -0.118. The summed E-state index contributed by atoms with van der Waals surface area (Å²) in [4.78, 5) is 27.1. The Kier molecular flexibility index (Phi) is 7.42. The summed E-state index contributed by atoms with van der Waals surface area (Å²) in [5.74, 6) is -3.84. The monoisotopic (exact) mass is 421 g/mol. The number of nitrogens with zero attached hydrogens (tertiary/aromatic N) is 1. The van der Waals surface area contributed by atoms with Crippen LogP contribution in [0.1, 0.15) is 20.3 Å². The van der Waals surface area contributed by atoms with E-state index in [0.29, 0.717) is 23.5 Å². The molecule has 1 aliphatic heterocycles. The molecule has 0 aromatic rings. The molecule has 26 heavy (non-hydrogen) atoms. The number of rotatable bonds is 4. The number of carbonyl (C=O) groups excluding carboxylic acids is 2. The van der Waals surface area contributed by atoms with Gasteiger partial charge in [-0.25, -0.2) is 4.99 Å². The molecule has 148 valence electrons. The normalized spacial score (nSPS) is 21.9. The Morgan fingerprint density at radius 3 is 1.92 bits per heavy atom. The molecule has 0 radical (unpaired) electrons. The van der Waals surface area contributed by atoms with Crippen LogP contribution in [0.5, 0.6) is 0 Å². The summed E-state index contributed by atoms with van der Waals surface area (Å²) in [5, 5.41) is -2.01. The summed E-state index contributed by atoms with van der Waals surface area (Å²) < 4.78 is 80.4. The average molecular weight is 421 g/mol. The molecular weight excluding hydrogens is 404 g/mol. The summed E-state index contributed by atoms with van der Waals surface area (Å²) in [6.45, 7) is 3.18. The van der Waals surface area contributed by atoms with Crippen molar-refractivity contribution in [1.82, 2.24) is 0 Å². The second kappa shape index (κ2) is 8.37. The van der Waals surface area contributed by atoms with Crippen LogP contribution in [0.3, 0.4) is 0 Å². The van der Waals surface area contributed by atoms with Crippen LogP contribution in [0.2, 0.25) is 0 Å². The SMILES string of the molecule is CSC(=O)C1=C(C(F)(F)F)N=C(C(F)(F)F)C(C(=O)SC)C1CC(C)C. The molecule has 0 aliphatic carbocycles. The first-order valence-corrected chi connectivity index (χ1v) is 9.83. The summed E-state index contributed by atoms with van der Waals surface area (Å²) in [6.07, 6.45) is -8.20. The van der Waals surface area contributed by atoms with E-state index < -0.39 is 51.4 Å². The first-order chi connectivity index (χ1) is 11.8. The highest BCUT2D eigenvalue weighted by atomic mass is 32.2. The number of alkyl halides is 6. The fourth-order valence-electron chi connectivity index (χ4n) is 2.76. The van der Waals surface area contributed by atoms with Crippen LogP contribution < -0.4 is 0 Å². The van der Waals surface area contributed by atoms with E-state index in [0.717, 1.165) is 0 Å². The molecule has 2 unspecified atom stereocenters. The first-order valence-electron chi connectivity index (χ1n) is 7.38. The third-order valence-corrected chi connectivity index (χ3v) is 4.95. The largest absolute Gasteiger partial charge is 0.433 e. The molecule has 0 aromatic carbocycles. The number of carbonyl (C=O) groups is 2. The van der Waals surface area contributed by atoms with Gasteiger partial charge in [-0.2, -0.15) is 26.3 Å². The predicted octanol–water partition coefficient (Wildman–Crippen LogP) is 4.88. The highest BCUT2D eigenvalue weighted by Gasteiger charge is 2.54. The second-order valence-electron chi connectivity index (χ2n) is 5.98. The van der Waals surface area contributed by atoms with Crippen LogP contribution in [0, 0.1) is 17.8 Å². The molecule has 0 fully saturated rings. The van der Waals surface area contributed by atoms with Crippen molar-refractivity contribution in [2.24, 2.45) is 22.7 Å². The van der Waals surface area contributed by atoms with E-state index >= 15 is 0 Å². The molecule has 2 atom stereocenters. The molecule has 3 nitrogen and oxygen atoms in total. The Morgan fingerprint density at radius 2 is 1.58 bits per heavy atom. The van der Waals surface area contributed by atoms with Crippen LogP contribution in [0.15, 0.2) is 16.3 Å². The minimum atomic E-state index is -5.25. The Hall–Kier alpha value is -0.970. The van der Waals surface area contributed by atoms with E-state index in [4.69, 9.17) is 0 Å². The van der Waals surface area contributed by atoms with Crippen molar-refractivity contribution in [1.29, 1.82) is 0 Å².